The number of carbonyl (C=O) groups is 5. The topological polar surface area (TPSA) is 307 Å². The highest BCUT2D eigenvalue weighted by atomic mass is 16.4. The Balaban J connectivity index is 3.04. The van der Waals surface area contributed by atoms with Gasteiger partial charge in [-0.05, 0) is 45.1 Å². The Hall–Kier alpha value is -4.25. The molecule has 0 saturated heterocycles. The van der Waals surface area contributed by atoms with E-state index in [0.717, 1.165) is 0 Å². The maximum absolute atomic E-state index is 13.2. The largest absolute Gasteiger partial charge is 0.481 e. The number of hydrogen-bond donors (Lipinski definition) is 10. The van der Waals surface area contributed by atoms with Crippen LogP contribution in [0.3, 0.4) is 0 Å². The molecule has 1 rings (SSSR count). The van der Waals surface area contributed by atoms with Crippen LogP contribution >= 0.6 is 0 Å². The molecule has 0 aliphatic carbocycles. The van der Waals surface area contributed by atoms with E-state index in [0.29, 0.717) is 25.1 Å². The van der Waals surface area contributed by atoms with Gasteiger partial charge in [-0.1, -0.05) is 0 Å². The molecule has 0 bridgehead atoms. The number of nitrogens with two attached hydrogens (primary N) is 4. The number of unbranched alkanes of at least 4 members (excludes halogenated alkanes) is 1. The molecular formula is C23H40N10O7. The summed E-state index contributed by atoms with van der Waals surface area (Å²) in [5.41, 5.74) is 22.5. The first-order valence-corrected chi connectivity index (χ1v) is 12.8. The van der Waals surface area contributed by atoms with E-state index in [1.807, 2.05) is 0 Å². The summed E-state index contributed by atoms with van der Waals surface area (Å²) >= 11 is 0. The Kier molecular flexibility index (Phi) is 15.3. The van der Waals surface area contributed by atoms with Gasteiger partial charge in [-0.25, -0.2) is 9.78 Å². The number of hydrogen-bond acceptors (Lipinski definition) is 9. The summed E-state index contributed by atoms with van der Waals surface area (Å²) in [6, 6.07) is -4.79. The molecule has 0 saturated carbocycles. The number of rotatable bonds is 20. The zero-order valence-corrected chi connectivity index (χ0v) is 22.2. The minimum absolute atomic E-state index is 0.0480. The number of nitrogens with one attached hydrogen (secondary N) is 4. The van der Waals surface area contributed by atoms with Crippen molar-refractivity contribution in [2.45, 2.75) is 75.5 Å². The number of guanidine groups is 1. The second kappa shape index (κ2) is 18.1. The predicted molar refractivity (Wildman–Crippen MR) is 143 cm³/mol. The monoisotopic (exact) mass is 568 g/mol. The third-order valence-corrected chi connectivity index (χ3v) is 5.76. The number of aliphatic carboxylic acids is 2. The number of aromatic amines is 1. The number of carboxylic acid groups (broad SMARTS) is 2. The number of carboxylic acids is 2. The van der Waals surface area contributed by atoms with Crippen LogP contribution in [-0.2, 0) is 30.4 Å². The lowest BCUT2D eigenvalue weighted by Crippen LogP contribution is -2.57. The standard InChI is InChI=1S/C23H40N10O7/c24-8-2-1-4-15(31-19(36)14(25)6-7-18(34)35)20(37)32-16(5-3-9-29-23(26)27)21(38)33-17(22(39)40)10-13-11-28-12-30-13/h11-12,14-17H,1-10,24-25H2,(H,28,30)(H,31,36)(H,32,37)(H,33,38)(H,34,35)(H,39,40)(H4,26,27,29). The van der Waals surface area contributed by atoms with Gasteiger partial charge >= 0.3 is 11.9 Å². The normalized spacial score (nSPS) is 13.8. The Labute approximate surface area is 230 Å². The average molecular weight is 569 g/mol. The molecular weight excluding hydrogens is 528 g/mol. The lowest BCUT2D eigenvalue weighted by Gasteiger charge is -2.25. The third-order valence-electron chi connectivity index (χ3n) is 5.76. The summed E-state index contributed by atoms with van der Waals surface area (Å²) < 4.78 is 0. The first-order chi connectivity index (χ1) is 18.9. The first-order valence-electron chi connectivity index (χ1n) is 12.8. The van der Waals surface area contributed by atoms with Crippen LogP contribution in [0.1, 0.15) is 50.6 Å². The molecule has 0 fully saturated rings. The summed E-state index contributed by atoms with van der Waals surface area (Å²) in [5, 5.41) is 25.9. The van der Waals surface area contributed by atoms with Crippen LogP contribution in [0.2, 0.25) is 0 Å². The van der Waals surface area contributed by atoms with E-state index in [-0.39, 0.29) is 51.0 Å². The second-order valence-corrected chi connectivity index (χ2v) is 9.07. The van der Waals surface area contributed by atoms with Crippen molar-refractivity contribution in [1.82, 2.24) is 25.9 Å². The van der Waals surface area contributed by atoms with Crippen molar-refractivity contribution >= 4 is 35.6 Å². The summed E-state index contributed by atoms with van der Waals surface area (Å²) in [6.45, 7) is 0.497. The smallest absolute Gasteiger partial charge is 0.326 e. The average Bonchev–Trinajstić information content (AvgIpc) is 3.40. The van der Waals surface area contributed by atoms with E-state index in [2.05, 4.69) is 30.9 Å². The Morgan fingerprint density at radius 1 is 0.900 bits per heavy atom. The molecule has 0 aliphatic heterocycles. The lowest BCUT2D eigenvalue weighted by molar-refractivity contribution is -0.142. The number of nitrogens with zero attached hydrogens (tertiary/aromatic N) is 2. The number of H-pyrrole nitrogens is 1. The van der Waals surface area contributed by atoms with Gasteiger partial charge in [0.1, 0.15) is 18.1 Å². The van der Waals surface area contributed by atoms with Gasteiger partial charge < -0.3 is 54.1 Å². The van der Waals surface area contributed by atoms with Gasteiger partial charge in [0.25, 0.3) is 0 Å². The highest BCUT2D eigenvalue weighted by molar-refractivity contribution is 5.94. The molecule has 0 aliphatic rings. The summed E-state index contributed by atoms with van der Waals surface area (Å²) in [7, 11) is 0. The quantitative estimate of drug-likeness (QED) is 0.0424. The molecule has 0 spiro atoms. The van der Waals surface area contributed by atoms with Crippen molar-refractivity contribution < 1.29 is 34.2 Å². The van der Waals surface area contributed by atoms with Gasteiger partial charge in [0.15, 0.2) is 5.96 Å². The Morgan fingerprint density at radius 2 is 1.50 bits per heavy atom. The number of amides is 3. The molecule has 14 N–H and O–H groups in total. The highest BCUT2D eigenvalue weighted by Gasteiger charge is 2.30. The van der Waals surface area contributed by atoms with E-state index in [1.54, 1.807) is 0 Å². The number of aliphatic imine (C=N–C) groups is 1. The van der Waals surface area contributed by atoms with Crippen LogP contribution in [0, 0.1) is 0 Å². The van der Waals surface area contributed by atoms with Crippen molar-refractivity contribution in [3.63, 3.8) is 0 Å². The number of carbonyl (C=O) groups excluding carboxylic acids is 3. The van der Waals surface area contributed by atoms with E-state index in [4.69, 9.17) is 28.0 Å². The highest BCUT2D eigenvalue weighted by Crippen LogP contribution is 2.07. The first kappa shape index (κ1) is 33.8. The van der Waals surface area contributed by atoms with Gasteiger partial charge in [-0.2, -0.15) is 0 Å². The van der Waals surface area contributed by atoms with Crippen LogP contribution in [-0.4, -0.2) is 93.1 Å². The van der Waals surface area contributed by atoms with Crippen molar-refractivity contribution in [3.8, 4) is 0 Å². The zero-order valence-electron chi connectivity index (χ0n) is 22.2. The van der Waals surface area contributed by atoms with Crippen LogP contribution in [0.25, 0.3) is 0 Å². The van der Waals surface area contributed by atoms with Crippen molar-refractivity contribution in [2.24, 2.45) is 27.9 Å². The molecule has 0 aromatic carbocycles. The molecule has 1 aromatic heterocycles. The van der Waals surface area contributed by atoms with E-state index < -0.39 is 53.8 Å². The molecule has 0 radical (unpaired) electrons. The Morgan fingerprint density at radius 3 is 2.02 bits per heavy atom. The fraction of sp³-hybridized carbons (Fsp3) is 0.609. The summed E-state index contributed by atoms with van der Waals surface area (Å²) in [6.07, 6.45) is 3.74. The van der Waals surface area contributed by atoms with Crippen LogP contribution in [0.5, 0.6) is 0 Å². The molecule has 17 nitrogen and oxygen atoms in total. The minimum atomic E-state index is -1.32. The van der Waals surface area contributed by atoms with Crippen LogP contribution < -0.4 is 38.9 Å². The van der Waals surface area contributed by atoms with Gasteiger partial charge in [-0.15, -0.1) is 0 Å². The van der Waals surface area contributed by atoms with Crippen molar-refractivity contribution in [1.29, 1.82) is 0 Å². The molecule has 3 amide bonds. The summed E-state index contributed by atoms with van der Waals surface area (Å²) in [5.74, 6) is -4.78. The molecule has 4 atom stereocenters. The fourth-order valence-electron chi connectivity index (χ4n) is 3.58. The maximum atomic E-state index is 13.2. The molecule has 1 heterocycles. The lowest BCUT2D eigenvalue weighted by atomic mass is 10.0. The molecule has 224 valence electrons. The molecule has 17 heteroatoms. The maximum Gasteiger partial charge on any atom is 0.326 e. The van der Waals surface area contributed by atoms with Gasteiger partial charge in [0, 0.05) is 31.3 Å². The van der Waals surface area contributed by atoms with Crippen molar-refractivity contribution in [3.05, 3.63) is 18.2 Å². The van der Waals surface area contributed by atoms with Gasteiger partial charge in [-0.3, -0.25) is 24.2 Å². The number of aromatic nitrogens is 2. The number of imidazole rings is 1. The van der Waals surface area contributed by atoms with Gasteiger partial charge in [0.05, 0.1) is 12.4 Å². The summed E-state index contributed by atoms with van der Waals surface area (Å²) in [4.78, 5) is 71.9. The van der Waals surface area contributed by atoms with Crippen LogP contribution in [0.4, 0.5) is 0 Å². The van der Waals surface area contributed by atoms with E-state index >= 15 is 0 Å². The predicted octanol–water partition coefficient (Wildman–Crippen LogP) is -3.13. The molecule has 4 unspecified atom stereocenters. The van der Waals surface area contributed by atoms with E-state index in [9.17, 15) is 29.1 Å². The van der Waals surface area contributed by atoms with Gasteiger partial charge in [0.2, 0.25) is 17.7 Å². The third kappa shape index (κ3) is 13.5. The van der Waals surface area contributed by atoms with Crippen LogP contribution in [0.15, 0.2) is 17.5 Å². The van der Waals surface area contributed by atoms with E-state index in [1.165, 1.54) is 12.5 Å². The van der Waals surface area contributed by atoms with Crippen molar-refractivity contribution in [2.75, 3.05) is 13.1 Å². The molecule has 1 aromatic rings. The zero-order chi connectivity index (χ0) is 30.1. The second-order valence-electron chi connectivity index (χ2n) is 9.07. The minimum Gasteiger partial charge on any atom is -0.481 e. The molecule has 40 heavy (non-hydrogen) atoms. The fourth-order valence-corrected chi connectivity index (χ4v) is 3.58. The Bertz CT molecular complexity index is 998. The SMILES string of the molecule is NCCCCC(NC(=O)C(N)CCC(=O)O)C(=O)NC(CCCN=C(N)N)C(=O)NC(Cc1cnc[nH]1)C(=O)O.